The summed E-state index contributed by atoms with van der Waals surface area (Å²) in [7, 11) is 1.63. The molecular formula is C24H35N5O2. The van der Waals surface area contributed by atoms with E-state index in [1.54, 1.807) is 19.4 Å². The Morgan fingerprint density at radius 3 is 2.68 bits per heavy atom. The molecule has 0 spiro atoms. The first kappa shape index (κ1) is 23.0. The normalized spacial score (nSPS) is 18.6. The van der Waals surface area contributed by atoms with E-state index in [4.69, 9.17) is 4.74 Å². The Labute approximate surface area is 185 Å². The summed E-state index contributed by atoms with van der Waals surface area (Å²) in [5, 5.41) is 6.42. The van der Waals surface area contributed by atoms with Gasteiger partial charge in [-0.3, -0.25) is 9.69 Å². The van der Waals surface area contributed by atoms with Gasteiger partial charge in [-0.1, -0.05) is 32.8 Å². The first-order valence-corrected chi connectivity index (χ1v) is 11.4. The minimum absolute atomic E-state index is 0.138. The molecule has 0 bridgehead atoms. The third kappa shape index (κ3) is 6.40. The predicted octanol–water partition coefficient (Wildman–Crippen LogP) is 4.39. The first-order valence-electron chi connectivity index (χ1n) is 11.4. The molecule has 0 aliphatic heterocycles. The molecule has 7 nitrogen and oxygen atoms in total. The number of hydrogen-bond acceptors (Lipinski definition) is 6. The number of carbonyl (C=O) groups is 1. The van der Waals surface area contributed by atoms with Crippen LogP contribution in [0.4, 0.5) is 11.6 Å². The summed E-state index contributed by atoms with van der Waals surface area (Å²) in [5.41, 5.74) is 1.18. The molecule has 7 heteroatoms. The Balaban J connectivity index is 1.69. The average Bonchev–Trinajstić information content (AvgIpc) is 2.79. The second kappa shape index (κ2) is 11.6. The number of benzene rings is 1. The van der Waals surface area contributed by atoms with E-state index >= 15 is 0 Å². The second-order valence-electron chi connectivity index (χ2n) is 8.09. The fraction of sp³-hybridized carbons (Fsp3) is 0.542. The monoisotopic (exact) mass is 425 g/mol. The molecule has 0 radical (unpaired) electrons. The third-order valence-corrected chi connectivity index (χ3v) is 5.75. The summed E-state index contributed by atoms with van der Waals surface area (Å²) in [6, 6.07) is 9.74. The van der Waals surface area contributed by atoms with Crippen LogP contribution in [-0.2, 0) is 0 Å². The van der Waals surface area contributed by atoms with Crippen molar-refractivity contribution in [2.45, 2.75) is 64.5 Å². The minimum atomic E-state index is -0.138. The van der Waals surface area contributed by atoms with Crippen LogP contribution in [0.1, 0.15) is 62.9 Å². The molecular weight excluding hydrogens is 390 g/mol. The molecule has 1 heterocycles. The van der Waals surface area contributed by atoms with Crippen LogP contribution in [-0.4, -0.2) is 53.1 Å². The van der Waals surface area contributed by atoms with Crippen molar-refractivity contribution in [3.8, 4) is 5.75 Å². The van der Waals surface area contributed by atoms with Crippen molar-refractivity contribution in [2.24, 2.45) is 0 Å². The van der Waals surface area contributed by atoms with Gasteiger partial charge in [0.2, 0.25) is 5.95 Å². The SMILES string of the molecule is CCCN(CCC)C1CCCCC1NC(=O)c1ccnc(Nc2cccc(OC)c2)n1. The zero-order chi connectivity index (χ0) is 22.1. The number of nitrogens with zero attached hydrogens (tertiary/aromatic N) is 3. The molecule has 1 saturated carbocycles. The van der Waals surface area contributed by atoms with Crippen molar-refractivity contribution in [3.63, 3.8) is 0 Å². The van der Waals surface area contributed by atoms with Crippen molar-refractivity contribution < 1.29 is 9.53 Å². The maximum absolute atomic E-state index is 13.0. The largest absolute Gasteiger partial charge is 0.497 e. The van der Waals surface area contributed by atoms with Crippen molar-refractivity contribution in [1.29, 1.82) is 0 Å². The average molecular weight is 426 g/mol. The number of nitrogens with one attached hydrogen (secondary N) is 2. The van der Waals surface area contributed by atoms with Gasteiger partial charge in [-0.25, -0.2) is 9.97 Å². The Kier molecular flexibility index (Phi) is 8.64. The van der Waals surface area contributed by atoms with Gasteiger partial charge < -0.3 is 15.4 Å². The smallest absolute Gasteiger partial charge is 0.270 e. The molecule has 1 fully saturated rings. The molecule has 2 N–H and O–H groups in total. The van der Waals surface area contributed by atoms with Crippen LogP contribution in [0.15, 0.2) is 36.5 Å². The van der Waals surface area contributed by atoms with Crippen molar-refractivity contribution in [2.75, 3.05) is 25.5 Å². The Bertz CT molecular complexity index is 838. The van der Waals surface area contributed by atoms with Gasteiger partial charge in [-0.15, -0.1) is 0 Å². The van der Waals surface area contributed by atoms with Crippen LogP contribution in [0.3, 0.4) is 0 Å². The summed E-state index contributed by atoms with van der Waals surface area (Å²) >= 11 is 0. The number of carbonyl (C=O) groups excluding carboxylic acids is 1. The maximum Gasteiger partial charge on any atom is 0.270 e. The highest BCUT2D eigenvalue weighted by Crippen LogP contribution is 2.24. The van der Waals surface area contributed by atoms with E-state index in [0.29, 0.717) is 17.7 Å². The van der Waals surface area contributed by atoms with Crippen LogP contribution in [0.25, 0.3) is 0 Å². The van der Waals surface area contributed by atoms with Gasteiger partial charge in [-0.2, -0.15) is 0 Å². The molecule has 2 atom stereocenters. The van der Waals surface area contributed by atoms with E-state index in [-0.39, 0.29) is 11.9 Å². The number of hydrogen-bond donors (Lipinski definition) is 2. The fourth-order valence-corrected chi connectivity index (χ4v) is 4.35. The van der Waals surface area contributed by atoms with Gasteiger partial charge >= 0.3 is 0 Å². The van der Waals surface area contributed by atoms with Crippen molar-refractivity contribution in [3.05, 3.63) is 42.2 Å². The van der Waals surface area contributed by atoms with E-state index in [9.17, 15) is 4.79 Å². The lowest BCUT2D eigenvalue weighted by atomic mass is 9.88. The molecule has 3 rings (SSSR count). The number of amides is 1. The summed E-state index contributed by atoms with van der Waals surface area (Å²) in [4.78, 5) is 24.3. The van der Waals surface area contributed by atoms with Crippen molar-refractivity contribution >= 4 is 17.5 Å². The van der Waals surface area contributed by atoms with Gasteiger partial charge in [0, 0.05) is 30.0 Å². The van der Waals surface area contributed by atoms with Gasteiger partial charge in [0.1, 0.15) is 11.4 Å². The molecule has 1 aliphatic carbocycles. The lowest BCUT2D eigenvalue weighted by Gasteiger charge is -2.40. The molecule has 31 heavy (non-hydrogen) atoms. The molecule has 168 valence electrons. The Morgan fingerprint density at radius 1 is 1.16 bits per heavy atom. The summed E-state index contributed by atoms with van der Waals surface area (Å²) in [5.74, 6) is 0.992. The number of methoxy groups -OCH3 is 1. The lowest BCUT2D eigenvalue weighted by molar-refractivity contribution is 0.0824. The molecule has 1 amide bonds. The first-order chi connectivity index (χ1) is 15.1. The van der Waals surface area contributed by atoms with E-state index in [2.05, 4.69) is 39.3 Å². The van der Waals surface area contributed by atoms with Crippen molar-refractivity contribution in [1.82, 2.24) is 20.2 Å². The summed E-state index contributed by atoms with van der Waals surface area (Å²) < 4.78 is 5.25. The Morgan fingerprint density at radius 2 is 1.94 bits per heavy atom. The van der Waals surface area contributed by atoms with Crippen LogP contribution in [0, 0.1) is 0 Å². The highest BCUT2D eigenvalue weighted by atomic mass is 16.5. The standard InChI is InChI=1S/C24H35N5O2/c1-4-15-29(16-5-2)22-12-7-6-11-20(22)27-23(30)21-13-14-25-24(28-21)26-18-9-8-10-19(17-18)31-3/h8-10,13-14,17,20,22H,4-7,11-12,15-16H2,1-3H3,(H,27,30)(H,25,26,28). The third-order valence-electron chi connectivity index (χ3n) is 5.75. The Hall–Kier alpha value is -2.67. The topological polar surface area (TPSA) is 79.4 Å². The van der Waals surface area contributed by atoms with E-state index < -0.39 is 0 Å². The summed E-state index contributed by atoms with van der Waals surface area (Å²) in [6.45, 7) is 6.59. The number of ether oxygens (including phenoxy) is 1. The predicted molar refractivity (Wildman–Crippen MR) is 124 cm³/mol. The van der Waals surface area contributed by atoms with Crippen LogP contribution in [0.5, 0.6) is 5.75 Å². The zero-order valence-electron chi connectivity index (χ0n) is 18.9. The second-order valence-corrected chi connectivity index (χ2v) is 8.09. The van der Waals surface area contributed by atoms with Gasteiger partial charge in [0.05, 0.1) is 7.11 Å². The van der Waals surface area contributed by atoms with E-state index in [1.807, 2.05) is 24.3 Å². The minimum Gasteiger partial charge on any atom is -0.497 e. The summed E-state index contributed by atoms with van der Waals surface area (Å²) in [6.07, 6.45) is 8.40. The zero-order valence-corrected chi connectivity index (χ0v) is 18.9. The van der Waals surface area contributed by atoms with Gasteiger partial charge in [0.25, 0.3) is 5.91 Å². The van der Waals surface area contributed by atoms with Crippen LogP contribution >= 0.6 is 0 Å². The molecule has 2 unspecified atom stereocenters. The highest BCUT2D eigenvalue weighted by molar-refractivity contribution is 5.92. The number of rotatable bonds is 10. The van der Waals surface area contributed by atoms with E-state index in [1.165, 1.54) is 6.42 Å². The van der Waals surface area contributed by atoms with Gasteiger partial charge in [0.15, 0.2) is 0 Å². The highest BCUT2D eigenvalue weighted by Gasteiger charge is 2.31. The molecule has 1 aliphatic rings. The molecule has 0 saturated heterocycles. The van der Waals surface area contributed by atoms with Gasteiger partial charge in [-0.05, 0) is 57.0 Å². The van der Waals surface area contributed by atoms with E-state index in [0.717, 1.165) is 56.6 Å². The molecule has 1 aromatic heterocycles. The number of anilines is 2. The maximum atomic E-state index is 13.0. The molecule has 2 aromatic rings. The number of aromatic nitrogens is 2. The quantitative estimate of drug-likeness (QED) is 0.588. The van der Waals surface area contributed by atoms with Crippen LogP contribution in [0.2, 0.25) is 0 Å². The van der Waals surface area contributed by atoms with Crippen LogP contribution < -0.4 is 15.4 Å². The molecule has 1 aromatic carbocycles. The lowest BCUT2D eigenvalue weighted by Crippen LogP contribution is -2.53. The fourth-order valence-electron chi connectivity index (χ4n) is 4.35.